The van der Waals surface area contributed by atoms with Crippen LogP contribution in [0.15, 0.2) is 60.0 Å². The average molecular weight is 422 g/mol. The number of hydrogen-bond acceptors (Lipinski definition) is 4. The van der Waals surface area contributed by atoms with Gasteiger partial charge in [-0.15, -0.1) is 6.58 Å². The smallest absolute Gasteiger partial charge is 0.293 e. The predicted octanol–water partition coefficient (Wildman–Crippen LogP) is 4.38. The highest BCUT2D eigenvalue weighted by Gasteiger charge is 2.32. The summed E-state index contributed by atoms with van der Waals surface area (Å²) in [5, 5.41) is -0.343. The molecule has 2 aromatic carbocycles. The number of fused-ring (bicyclic) bond motifs is 1. The Morgan fingerprint density at radius 1 is 1.21 bits per heavy atom. The van der Waals surface area contributed by atoms with Crippen LogP contribution in [0.25, 0.3) is 10.9 Å². The van der Waals surface area contributed by atoms with Gasteiger partial charge in [0, 0.05) is 28.0 Å². The fourth-order valence-electron chi connectivity index (χ4n) is 3.13. The minimum atomic E-state index is -3.99. The van der Waals surface area contributed by atoms with Crippen molar-refractivity contribution in [2.45, 2.75) is 16.6 Å². The van der Waals surface area contributed by atoms with Crippen molar-refractivity contribution in [2.75, 3.05) is 6.61 Å². The van der Waals surface area contributed by atoms with Gasteiger partial charge in [0.1, 0.15) is 11.1 Å². The summed E-state index contributed by atoms with van der Waals surface area (Å²) in [6.45, 7) is 3.95. The van der Waals surface area contributed by atoms with E-state index in [9.17, 15) is 17.6 Å². The summed E-state index contributed by atoms with van der Waals surface area (Å²) in [5.41, 5.74) is 1.29. The third-order valence-electron chi connectivity index (χ3n) is 4.36. The van der Waals surface area contributed by atoms with Gasteiger partial charge in [0.25, 0.3) is 6.47 Å². The number of H-pyrrole nitrogens is 1. The summed E-state index contributed by atoms with van der Waals surface area (Å²) in [5.74, 6) is -0.555. The SMILES string of the molecule is C=CC(c1ccc(Cl)cc1)S(=O)(=O)c1c(CCOC=O)[nH]c2ccc(F)cc12. The molecule has 0 aliphatic rings. The van der Waals surface area contributed by atoms with Crippen LogP contribution in [0.1, 0.15) is 16.5 Å². The highest BCUT2D eigenvalue weighted by molar-refractivity contribution is 7.92. The summed E-state index contributed by atoms with van der Waals surface area (Å²) >= 11 is 5.90. The maximum atomic E-state index is 13.9. The molecule has 0 saturated carbocycles. The molecule has 3 rings (SSSR count). The number of hydrogen-bond donors (Lipinski definition) is 1. The van der Waals surface area contributed by atoms with Crippen LogP contribution in [0.3, 0.4) is 0 Å². The van der Waals surface area contributed by atoms with E-state index in [4.69, 9.17) is 16.3 Å². The summed E-state index contributed by atoms with van der Waals surface area (Å²) in [6.07, 6.45) is 1.45. The quantitative estimate of drug-likeness (QED) is 0.333. The molecule has 0 spiro atoms. The molecule has 0 bridgehead atoms. The summed E-state index contributed by atoms with van der Waals surface area (Å²) in [7, 11) is -3.99. The van der Waals surface area contributed by atoms with E-state index in [0.717, 1.165) is 0 Å². The highest BCUT2D eigenvalue weighted by atomic mass is 35.5. The van der Waals surface area contributed by atoms with Gasteiger partial charge in [-0.05, 0) is 35.9 Å². The van der Waals surface area contributed by atoms with Gasteiger partial charge in [0.2, 0.25) is 0 Å². The highest BCUT2D eigenvalue weighted by Crippen LogP contribution is 2.37. The first-order valence-corrected chi connectivity index (χ1v) is 10.3. The molecule has 0 radical (unpaired) electrons. The van der Waals surface area contributed by atoms with E-state index in [1.807, 2.05) is 0 Å². The zero-order valence-electron chi connectivity index (χ0n) is 14.7. The van der Waals surface area contributed by atoms with Crippen molar-refractivity contribution >= 4 is 38.8 Å². The van der Waals surface area contributed by atoms with Crippen LogP contribution in [0.4, 0.5) is 4.39 Å². The van der Waals surface area contributed by atoms with E-state index < -0.39 is 20.9 Å². The van der Waals surface area contributed by atoms with Gasteiger partial charge in [0.05, 0.1) is 11.5 Å². The van der Waals surface area contributed by atoms with Gasteiger partial charge in [-0.2, -0.15) is 0 Å². The molecular formula is C20H17ClFNO4S. The lowest BCUT2D eigenvalue weighted by Gasteiger charge is -2.16. The minimum Gasteiger partial charge on any atom is -0.467 e. The molecule has 0 aliphatic carbocycles. The summed E-state index contributed by atoms with van der Waals surface area (Å²) < 4.78 is 45.6. The zero-order chi connectivity index (χ0) is 20.3. The third kappa shape index (κ3) is 3.81. The Hall–Kier alpha value is -2.64. The van der Waals surface area contributed by atoms with Gasteiger partial charge in [-0.25, -0.2) is 12.8 Å². The maximum absolute atomic E-state index is 13.9. The molecule has 146 valence electrons. The number of ether oxygens (including phenoxy) is 1. The molecule has 1 N–H and O–H groups in total. The van der Waals surface area contributed by atoms with Crippen LogP contribution in [0.5, 0.6) is 0 Å². The molecule has 3 aromatic rings. The average Bonchev–Trinajstić information content (AvgIpc) is 3.02. The standard InChI is InChI=1S/C20H17ClFNO4S/c1-2-19(13-3-5-14(21)6-4-13)28(25,26)20-16-11-15(22)7-8-17(16)23-18(20)9-10-27-12-24/h2-8,11-12,19,23H,1,9-10H2. The Morgan fingerprint density at radius 2 is 1.93 bits per heavy atom. The second-order valence-corrected chi connectivity index (χ2v) is 8.54. The first-order valence-electron chi connectivity index (χ1n) is 8.35. The molecule has 0 saturated heterocycles. The second-order valence-electron chi connectivity index (χ2n) is 6.09. The number of sulfone groups is 1. The van der Waals surface area contributed by atoms with Crippen molar-refractivity contribution in [3.63, 3.8) is 0 Å². The van der Waals surface area contributed by atoms with Crippen LogP contribution < -0.4 is 0 Å². The molecular weight excluding hydrogens is 405 g/mol. The van der Waals surface area contributed by atoms with Crippen molar-refractivity contribution in [1.82, 2.24) is 4.98 Å². The molecule has 1 unspecified atom stereocenters. The Balaban J connectivity index is 2.19. The molecule has 0 fully saturated rings. The van der Waals surface area contributed by atoms with Crippen molar-refractivity contribution in [1.29, 1.82) is 0 Å². The number of nitrogens with one attached hydrogen (secondary N) is 1. The Labute approximate surface area is 166 Å². The molecule has 5 nitrogen and oxygen atoms in total. The van der Waals surface area contributed by atoms with Gasteiger partial charge < -0.3 is 9.72 Å². The number of aromatic nitrogens is 1. The Morgan fingerprint density at radius 3 is 2.57 bits per heavy atom. The van der Waals surface area contributed by atoms with Crippen LogP contribution >= 0.6 is 11.6 Å². The lowest BCUT2D eigenvalue weighted by Crippen LogP contribution is -2.14. The van der Waals surface area contributed by atoms with Crippen LogP contribution in [0.2, 0.25) is 5.02 Å². The topological polar surface area (TPSA) is 76.2 Å². The molecule has 0 aliphatic heterocycles. The summed E-state index contributed by atoms with van der Waals surface area (Å²) in [6, 6.07) is 10.3. The second kappa shape index (κ2) is 8.16. The lowest BCUT2D eigenvalue weighted by molar-refractivity contribution is -0.128. The number of benzene rings is 2. The fraction of sp³-hybridized carbons (Fsp3) is 0.150. The van der Waals surface area contributed by atoms with Gasteiger partial charge in [0.15, 0.2) is 9.84 Å². The van der Waals surface area contributed by atoms with E-state index in [2.05, 4.69) is 11.6 Å². The number of carbonyl (C=O) groups excluding carboxylic acids is 1. The molecule has 8 heteroatoms. The van der Waals surface area contributed by atoms with Crippen LogP contribution in [-0.2, 0) is 25.8 Å². The van der Waals surface area contributed by atoms with Gasteiger partial charge >= 0.3 is 0 Å². The molecule has 0 amide bonds. The molecule has 1 aromatic heterocycles. The van der Waals surface area contributed by atoms with E-state index in [1.54, 1.807) is 24.3 Å². The normalized spacial score (nSPS) is 12.6. The van der Waals surface area contributed by atoms with Crippen molar-refractivity contribution in [3.8, 4) is 0 Å². The fourth-order valence-corrected chi connectivity index (χ4v) is 5.25. The molecule has 1 heterocycles. The first kappa shape index (κ1) is 20.1. The van der Waals surface area contributed by atoms with E-state index in [0.29, 0.717) is 21.8 Å². The number of rotatable bonds is 8. The zero-order valence-corrected chi connectivity index (χ0v) is 16.3. The predicted molar refractivity (Wildman–Crippen MR) is 106 cm³/mol. The number of aromatic amines is 1. The maximum Gasteiger partial charge on any atom is 0.293 e. The van der Waals surface area contributed by atoms with Crippen molar-refractivity contribution in [3.05, 3.63) is 77.2 Å². The minimum absolute atomic E-state index is 0.0129. The van der Waals surface area contributed by atoms with Crippen LogP contribution in [-0.4, -0.2) is 26.5 Å². The number of carbonyl (C=O) groups is 1. The van der Waals surface area contributed by atoms with Gasteiger partial charge in [-0.1, -0.05) is 29.8 Å². The largest absolute Gasteiger partial charge is 0.467 e. The Bertz CT molecular complexity index is 1120. The van der Waals surface area contributed by atoms with Crippen LogP contribution in [0, 0.1) is 5.82 Å². The monoisotopic (exact) mass is 421 g/mol. The molecule has 28 heavy (non-hydrogen) atoms. The van der Waals surface area contributed by atoms with E-state index in [-0.39, 0.29) is 29.8 Å². The van der Waals surface area contributed by atoms with E-state index in [1.165, 1.54) is 24.3 Å². The first-order chi connectivity index (χ1) is 13.4. The third-order valence-corrected chi connectivity index (χ3v) is 6.78. The van der Waals surface area contributed by atoms with Crippen molar-refractivity contribution < 1.29 is 22.3 Å². The lowest BCUT2D eigenvalue weighted by atomic mass is 10.1. The number of halogens is 2. The van der Waals surface area contributed by atoms with Gasteiger partial charge in [-0.3, -0.25) is 4.79 Å². The molecule has 1 atom stereocenters. The van der Waals surface area contributed by atoms with E-state index >= 15 is 0 Å². The summed E-state index contributed by atoms with van der Waals surface area (Å²) in [4.78, 5) is 13.4. The Kier molecular flexibility index (Phi) is 5.86. The van der Waals surface area contributed by atoms with Crippen molar-refractivity contribution in [2.24, 2.45) is 0 Å².